The molecule has 3 heteroatoms. The van der Waals surface area contributed by atoms with Gasteiger partial charge < -0.3 is 5.11 Å². The number of thiophene rings is 1. The van der Waals surface area contributed by atoms with Crippen molar-refractivity contribution in [1.29, 1.82) is 0 Å². The molecule has 0 radical (unpaired) electrons. The van der Waals surface area contributed by atoms with Crippen molar-refractivity contribution < 1.29 is 9.90 Å². The van der Waals surface area contributed by atoms with Gasteiger partial charge >= 0.3 is 0 Å². The zero-order valence-electron chi connectivity index (χ0n) is 9.38. The molecule has 0 atom stereocenters. The van der Waals surface area contributed by atoms with Crippen molar-refractivity contribution in [3.05, 3.63) is 48.5 Å². The van der Waals surface area contributed by atoms with E-state index >= 15 is 0 Å². The molecule has 2 aromatic carbocycles. The van der Waals surface area contributed by atoms with Gasteiger partial charge in [-0.2, -0.15) is 0 Å². The Morgan fingerprint density at radius 1 is 0.941 bits per heavy atom. The summed E-state index contributed by atoms with van der Waals surface area (Å²) in [5.74, 6) is -0.833. The highest BCUT2D eigenvalue weighted by Crippen LogP contribution is 2.32. The molecule has 17 heavy (non-hydrogen) atoms. The van der Waals surface area contributed by atoms with Crippen molar-refractivity contribution in [2.75, 3.05) is 0 Å². The first-order valence-corrected chi connectivity index (χ1v) is 6.06. The second-order valence-corrected chi connectivity index (χ2v) is 4.70. The summed E-state index contributed by atoms with van der Waals surface area (Å²) < 4.78 is 2.76. The molecule has 1 N–H and O–H groups in total. The minimum absolute atomic E-state index is 0.833. The lowest BCUT2D eigenvalue weighted by Gasteiger charge is -1.88. The largest absolute Gasteiger partial charge is 0.481 e. The van der Waals surface area contributed by atoms with E-state index in [1.54, 1.807) is 0 Å². The molecule has 0 spiro atoms. The van der Waals surface area contributed by atoms with Crippen molar-refractivity contribution >= 4 is 37.5 Å². The van der Waals surface area contributed by atoms with E-state index in [1.165, 1.54) is 20.2 Å². The number of carboxylic acid groups (broad SMARTS) is 1. The molecule has 0 saturated heterocycles. The summed E-state index contributed by atoms with van der Waals surface area (Å²) in [6.45, 7) is 1.08. The van der Waals surface area contributed by atoms with E-state index < -0.39 is 5.97 Å². The number of hydrogen-bond acceptors (Lipinski definition) is 2. The van der Waals surface area contributed by atoms with Crippen LogP contribution in [0.25, 0.3) is 20.2 Å². The van der Waals surface area contributed by atoms with Crippen LogP contribution >= 0.6 is 11.3 Å². The third-order valence-corrected chi connectivity index (χ3v) is 3.44. The molecule has 0 bridgehead atoms. The number of carbonyl (C=O) groups is 1. The molecule has 86 valence electrons. The predicted octanol–water partition coefficient (Wildman–Crippen LogP) is 4.15. The number of benzene rings is 2. The van der Waals surface area contributed by atoms with Gasteiger partial charge in [-0.1, -0.05) is 36.4 Å². The molecule has 3 aromatic rings. The standard InChI is InChI=1S/C12H8S.C2H4O2/c1-3-7-11-9(5-1)10-6-2-4-8-12(10)13-11;1-2(3)4/h1-8H;1H3,(H,3,4). The normalized spacial score (nSPS) is 9.94. The highest BCUT2D eigenvalue weighted by atomic mass is 32.1. The van der Waals surface area contributed by atoms with Gasteiger partial charge in [0, 0.05) is 27.1 Å². The van der Waals surface area contributed by atoms with E-state index in [2.05, 4.69) is 48.5 Å². The Balaban J connectivity index is 0.000000239. The van der Waals surface area contributed by atoms with Crippen molar-refractivity contribution in [2.24, 2.45) is 0 Å². The van der Waals surface area contributed by atoms with E-state index in [-0.39, 0.29) is 0 Å². The molecule has 2 nitrogen and oxygen atoms in total. The van der Waals surface area contributed by atoms with Crippen LogP contribution in [0.3, 0.4) is 0 Å². The SMILES string of the molecule is CC(=O)O.c1ccc2c(c1)sc1ccccc12. The first kappa shape index (κ1) is 11.6. The lowest BCUT2D eigenvalue weighted by atomic mass is 10.2. The molecule has 0 unspecified atom stereocenters. The Labute approximate surface area is 103 Å². The summed E-state index contributed by atoms with van der Waals surface area (Å²) in [7, 11) is 0. The van der Waals surface area contributed by atoms with Gasteiger partial charge in [0.25, 0.3) is 5.97 Å². The maximum absolute atomic E-state index is 9.00. The van der Waals surface area contributed by atoms with Crippen LogP contribution in [-0.2, 0) is 4.79 Å². The van der Waals surface area contributed by atoms with Crippen LogP contribution in [0.5, 0.6) is 0 Å². The maximum atomic E-state index is 9.00. The number of rotatable bonds is 0. The first-order valence-electron chi connectivity index (χ1n) is 5.24. The van der Waals surface area contributed by atoms with Crippen LogP contribution in [0.15, 0.2) is 48.5 Å². The van der Waals surface area contributed by atoms with Crippen LogP contribution in [0, 0.1) is 0 Å². The molecule has 0 aliphatic heterocycles. The number of aliphatic carboxylic acids is 1. The fourth-order valence-corrected chi connectivity index (χ4v) is 2.78. The van der Waals surface area contributed by atoms with Crippen molar-refractivity contribution in [3.63, 3.8) is 0 Å². The van der Waals surface area contributed by atoms with Gasteiger partial charge in [0.15, 0.2) is 0 Å². The lowest BCUT2D eigenvalue weighted by molar-refractivity contribution is -0.134. The summed E-state index contributed by atoms with van der Waals surface area (Å²) in [6, 6.07) is 17.1. The molecule has 0 saturated carbocycles. The molecule has 0 amide bonds. The fourth-order valence-electron chi connectivity index (χ4n) is 1.67. The Bertz CT molecular complexity index is 601. The van der Waals surface area contributed by atoms with Crippen molar-refractivity contribution in [3.8, 4) is 0 Å². The number of hydrogen-bond donors (Lipinski definition) is 1. The molecule has 0 fully saturated rings. The highest BCUT2D eigenvalue weighted by Gasteiger charge is 2.01. The summed E-state index contributed by atoms with van der Waals surface area (Å²) in [5, 5.41) is 10.2. The van der Waals surface area contributed by atoms with Gasteiger partial charge in [0.05, 0.1) is 0 Å². The monoisotopic (exact) mass is 244 g/mol. The highest BCUT2D eigenvalue weighted by molar-refractivity contribution is 7.25. The Morgan fingerprint density at radius 2 is 1.29 bits per heavy atom. The van der Waals surface area contributed by atoms with E-state index in [0.717, 1.165) is 6.92 Å². The molecular weight excluding hydrogens is 232 g/mol. The average Bonchev–Trinajstić information content (AvgIpc) is 2.66. The van der Waals surface area contributed by atoms with Gasteiger partial charge in [-0.3, -0.25) is 4.79 Å². The molecule has 1 heterocycles. The van der Waals surface area contributed by atoms with Crippen molar-refractivity contribution in [1.82, 2.24) is 0 Å². The zero-order valence-corrected chi connectivity index (χ0v) is 10.2. The summed E-state index contributed by atoms with van der Waals surface area (Å²) in [5.41, 5.74) is 0. The van der Waals surface area contributed by atoms with E-state index in [0.29, 0.717) is 0 Å². The van der Waals surface area contributed by atoms with Crippen LogP contribution in [-0.4, -0.2) is 11.1 Å². The van der Waals surface area contributed by atoms with Crippen LogP contribution < -0.4 is 0 Å². The second kappa shape index (κ2) is 4.97. The minimum Gasteiger partial charge on any atom is -0.481 e. The third kappa shape index (κ3) is 2.63. The van der Waals surface area contributed by atoms with Gasteiger partial charge in [0.2, 0.25) is 0 Å². The molecule has 0 aliphatic carbocycles. The second-order valence-electron chi connectivity index (χ2n) is 3.61. The summed E-state index contributed by atoms with van der Waals surface area (Å²) in [6.07, 6.45) is 0. The first-order chi connectivity index (χ1) is 8.18. The molecule has 3 rings (SSSR count). The average molecular weight is 244 g/mol. The summed E-state index contributed by atoms with van der Waals surface area (Å²) >= 11 is 1.86. The molecular formula is C14H12O2S. The van der Waals surface area contributed by atoms with Gasteiger partial charge in [-0.05, 0) is 12.1 Å². The Morgan fingerprint density at radius 3 is 1.71 bits per heavy atom. The predicted molar refractivity (Wildman–Crippen MR) is 72.6 cm³/mol. The maximum Gasteiger partial charge on any atom is 0.300 e. The van der Waals surface area contributed by atoms with Crippen LogP contribution in [0.2, 0.25) is 0 Å². The van der Waals surface area contributed by atoms with Gasteiger partial charge in [-0.25, -0.2) is 0 Å². The fraction of sp³-hybridized carbons (Fsp3) is 0.0714. The van der Waals surface area contributed by atoms with Crippen molar-refractivity contribution in [2.45, 2.75) is 6.92 Å². The topological polar surface area (TPSA) is 37.3 Å². The smallest absolute Gasteiger partial charge is 0.300 e. The Hall–Kier alpha value is -1.87. The van der Waals surface area contributed by atoms with E-state index in [1.807, 2.05) is 11.3 Å². The van der Waals surface area contributed by atoms with Gasteiger partial charge in [0.1, 0.15) is 0 Å². The van der Waals surface area contributed by atoms with E-state index in [4.69, 9.17) is 9.90 Å². The number of fused-ring (bicyclic) bond motifs is 3. The van der Waals surface area contributed by atoms with Crippen LogP contribution in [0.4, 0.5) is 0 Å². The number of carboxylic acids is 1. The minimum atomic E-state index is -0.833. The Kier molecular flexibility index (Phi) is 3.40. The molecule has 0 aliphatic rings. The summed E-state index contributed by atoms with van der Waals surface area (Å²) in [4.78, 5) is 9.00. The quantitative estimate of drug-likeness (QED) is 0.645. The molecule has 1 aromatic heterocycles. The lowest BCUT2D eigenvalue weighted by Crippen LogP contribution is -1.78. The van der Waals surface area contributed by atoms with Crippen LogP contribution in [0.1, 0.15) is 6.92 Å². The zero-order chi connectivity index (χ0) is 12.3. The van der Waals surface area contributed by atoms with E-state index in [9.17, 15) is 0 Å². The van der Waals surface area contributed by atoms with Gasteiger partial charge in [-0.15, -0.1) is 11.3 Å². The third-order valence-electron chi connectivity index (χ3n) is 2.28.